The summed E-state index contributed by atoms with van der Waals surface area (Å²) in [6.45, 7) is 0.775. The van der Waals surface area contributed by atoms with E-state index < -0.39 is 29.8 Å². The Hall–Kier alpha value is -1.37. The topological polar surface area (TPSA) is 63.1 Å². The summed E-state index contributed by atoms with van der Waals surface area (Å²) in [5.74, 6) is -5.96. The maximum atomic E-state index is 12.5. The van der Waals surface area contributed by atoms with E-state index in [1.165, 1.54) is 0 Å². The number of carbonyl (C=O) groups is 1. The number of nitrogens with zero attached hydrogens (tertiary/aromatic N) is 2. The van der Waals surface area contributed by atoms with E-state index in [4.69, 9.17) is 16.7 Å². The molecule has 0 spiro atoms. The first-order chi connectivity index (χ1) is 7.73. The van der Waals surface area contributed by atoms with Gasteiger partial charge in [0, 0.05) is 12.4 Å². The van der Waals surface area contributed by atoms with Crippen LogP contribution in [0.5, 0.6) is 0 Å². The van der Waals surface area contributed by atoms with Crippen molar-refractivity contribution in [3.05, 3.63) is 23.2 Å². The molecule has 0 aliphatic carbocycles. The zero-order valence-corrected chi connectivity index (χ0v) is 9.33. The molecule has 0 amide bonds. The zero-order valence-electron chi connectivity index (χ0n) is 8.57. The number of hydrogen-bond donors (Lipinski definition) is 1. The number of aromatic nitrogens is 2. The van der Waals surface area contributed by atoms with Crippen LogP contribution in [0.25, 0.3) is 0 Å². The lowest BCUT2D eigenvalue weighted by Gasteiger charge is -2.21. The van der Waals surface area contributed by atoms with Gasteiger partial charge in [0.1, 0.15) is 11.7 Å². The van der Waals surface area contributed by atoms with E-state index in [1.54, 1.807) is 0 Å². The Kier molecular flexibility index (Phi) is 3.92. The van der Waals surface area contributed by atoms with E-state index in [2.05, 4.69) is 9.97 Å². The number of aliphatic carboxylic acids is 1. The Bertz CT molecular complexity index is 408. The zero-order chi connectivity index (χ0) is 13.2. The third kappa shape index (κ3) is 3.29. The minimum absolute atomic E-state index is 0.123. The van der Waals surface area contributed by atoms with Gasteiger partial charge in [0.15, 0.2) is 0 Å². The van der Waals surface area contributed by atoms with Crippen LogP contribution < -0.4 is 0 Å². The minimum Gasteiger partial charge on any atom is -0.481 e. The Morgan fingerprint density at radius 3 is 2.24 bits per heavy atom. The summed E-state index contributed by atoms with van der Waals surface area (Å²) in [6, 6.07) is 0. The van der Waals surface area contributed by atoms with Crippen molar-refractivity contribution in [3.8, 4) is 0 Å². The second-order valence-corrected chi connectivity index (χ2v) is 3.84. The van der Waals surface area contributed by atoms with Crippen molar-refractivity contribution in [1.82, 2.24) is 9.97 Å². The number of halogens is 4. The molecular formula is C9H8ClF3N2O2. The van der Waals surface area contributed by atoms with Crippen molar-refractivity contribution in [2.24, 2.45) is 5.92 Å². The average molecular weight is 269 g/mol. The maximum Gasteiger partial charge on any atom is 0.392 e. The Morgan fingerprint density at radius 1 is 1.41 bits per heavy atom. The normalized spacial score (nSPS) is 15.4. The molecule has 0 saturated heterocycles. The molecule has 1 N–H and O–H groups in total. The van der Waals surface area contributed by atoms with E-state index in [0.29, 0.717) is 0 Å². The lowest BCUT2D eigenvalue weighted by Crippen LogP contribution is -2.32. The lowest BCUT2D eigenvalue weighted by atomic mass is 9.92. The summed E-state index contributed by atoms with van der Waals surface area (Å²) >= 11 is 5.47. The summed E-state index contributed by atoms with van der Waals surface area (Å²) in [7, 11) is 0. The molecule has 1 unspecified atom stereocenters. The molecule has 94 valence electrons. The molecule has 0 fully saturated rings. The maximum absolute atomic E-state index is 12.5. The summed E-state index contributed by atoms with van der Waals surface area (Å²) in [6.07, 6.45) is -2.52. The van der Waals surface area contributed by atoms with Crippen LogP contribution in [0, 0.1) is 5.92 Å². The van der Waals surface area contributed by atoms with Crippen LogP contribution in [0.3, 0.4) is 0 Å². The van der Waals surface area contributed by atoms with E-state index in [-0.39, 0.29) is 5.02 Å². The molecule has 0 aliphatic heterocycles. The average Bonchev–Trinajstić information content (AvgIpc) is 2.19. The van der Waals surface area contributed by atoms with Gasteiger partial charge in [0.05, 0.1) is 10.9 Å². The Balaban J connectivity index is 3.10. The van der Waals surface area contributed by atoms with Crippen molar-refractivity contribution < 1.29 is 23.1 Å². The Morgan fingerprint density at radius 2 is 1.88 bits per heavy atom. The molecule has 1 aromatic heterocycles. The van der Waals surface area contributed by atoms with Gasteiger partial charge in [-0.15, -0.1) is 0 Å². The van der Waals surface area contributed by atoms with Crippen LogP contribution in [-0.2, 0) is 4.79 Å². The quantitative estimate of drug-likeness (QED) is 0.915. The third-order valence-electron chi connectivity index (χ3n) is 2.20. The van der Waals surface area contributed by atoms with Crippen LogP contribution in [0.2, 0.25) is 5.02 Å². The number of alkyl halides is 3. The molecule has 4 nitrogen and oxygen atoms in total. The van der Waals surface area contributed by atoms with Gasteiger partial charge >= 0.3 is 12.1 Å². The highest BCUT2D eigenvalue weighted by Gasteiger charge is 2.46. The molecule has 0 aromatic carbocycles. The number of hydrogen-bond acceptors (Lipinski definition) is 3. The molecule has 1 aromatic rings. The van der Waals surface area contributed by atoms with E-state index in [0.717, 1.165) is 19.3 Å². The van der Waals surface area contributed by atoms with Crippen molar-refractivity contribution in [2.45, 2.75) is 19.0 Å². The minimum atomic E-state index is -4.63. The van der Waals surface area contributed by atoms with E-state index in [1.807, 2.05) is 0 Å². The molecule has 0 bridgehead atoms. The molecule has 8 heteroatoms. The molecular weight excluding hydrogens is 261 g/mol. The van der Waals surface area contributed by atoms with Gasteiger partial charge in [0.25, 0.3) is 0 Å². The van der Waals surface area contributed by atoms with Gasteiger partial charge in [-0.2, -0.15) is 13.2 Å². The Labute approximate surface area is 99.5 Å². The molecule has 0 radical (unpaired) electrons. The highest BCUT2D eigenvalue weighted by Crippen LogP contribution is 2.36. The smallest absolute Gasteiger partial charge is 0.392 e. The fourth-order valence-electron chi connectivity index (χ4n) is 1.22. The van der Waals surface area contributed by atoms with Gasteiger partial charge in [-0.25, -0.2) is 9.97 Å². The first-order valence-corrected chi connectivity index (χ1v) is 4.88. The van der Waals surface area contributed by atoms with Crippen LogP contribution in [-0.4, -0.2) is 27.2 Å². The van der Waals surface area contributed by atoms with Crippen molar-refractivity contribution in [2.75, 3.05) is 0 Å². The molecule has 1 heterocycles. The number of carboxylic acid groups (broad SMARTS) is 1. The van der Waals surface area contributed by atoms with Gasteiger partial charge in [-0.3, -0.25) is 4.79 Å². The highest BCUT2D eigenvalue weighted by molar-refractivity contribution is 6.30. The van der Waals surface area contributed by atoms with E-state index >= 15 is 0 Å². The molecule has 0 aliphatic rings. The van der Waals surface area contributed by atoms with Gasteiger partial charge < -0.3 is 5.11 Å². The van der Waals surface area contributed by atoms with Crippen LogP contribution >= 0.6 is 11.6 Å². The van der Waals surface area contributed by atoms with E-state index in [9.17, 15) is 18.0 Å². The summed E-state index contributed by atoms with van der Waals surface area (Å²) in [5, 5.41) is 8.94. The SMILES string of the molecule is C[C@H](C(C(=O)O)c1ncc(Cl)cn1)C(F)(F)F. The van der Waals surface area contributed by atoms with Crippen LogP contribution in [0.4, 0.5) is 13.2 Å². The second-order valence-electron chi connectivity index (χ2n) is 3.41. The summed E-state index contributed by atoms with van der Waals surface area (Å²) in [5.41, 5.74) is 0. The standard InChI is InChI=1S/C9H8ClF3N2O2/c1-4(9(11,12)13)6(8(16)17)7-14-2-5(10)3-15-7/h2-4,6H,1H3,(H,16,17)/t4-,6?/m1/s1. The highest BCUT2D eigenvalue weighted by atomic mass is 35.5. The molecule has 0 saturated carbocycles. The third-order valence-corrected chi connectivity index (χ3v) is 2.40. The first-order valence-electron chi connectivity index (χ1n) is 4.50. The summed E-state index contributed by atoms with van der Waals surface area (Å²) in [4.78, 5) is 17.9. The summed E-state index contributed by atoms with van der Waals surface area (Å²) < 4.78 is 37.4. The fraction of sp³-hybridized carbons (Fsp3) is 0.444. The fourth-order valence-corrected chi connectivity index (χ4v) is 1.32. The first kappa shape index (κ1) is 13.7. The predicted octanol–water partition coefficient (Wildman–Crippen LogP) is 2.50. The van der Waals surface area contributed by atoms with Gasteiger partial charge in [-0.1, -0.05) is 18.5 Å². The van der Waals surface area contributed by atoms with Crippen molar-refractivity contribution in [1.29, 1.82) is 0 Å². The second kappa shape index (κ2) is 4.87. The molecule has 1 rings (SSSR count). The van der Waals surface area contributed by atoms with Gasteiger partial charge in [0.2, 0.25) is 0 Å². The predicted molar refractivity (Wildman–Crippen MR) is 52.6 cm³/mol. The van der Waals surface area contributed by atoms with Crippen molar-refractivity contribution >= 4 is 17.6 Å². The molecule has 2 atom stereocenters. The van der Waals surface area contributed by atoms with Gasteiger partial charge in [-0.05, 0) is 0 Å². The monoisotopic (exact) mass is 268 g/mol. The van der Waals surface area contributed by atoms with Crippen LogP contribution in [0.15, 0.2) is 12.4 Å². The number of carboxylic acids is 1. The van der Waals surface area contributed by atoms with Crippen LogP contribution in [0.1, 0.15) is 18.7 Å². The number of rotatable bonds is 3. The van der Waals surface area contributed by atoms with Crippen molar-refractivity contribution in [3.63, 3.8) is 0 Å². The molecule has 17 heavy (non-hydrogen) atoms. The largest absolute Gasteiger partial charge is 0.481 e. The lowest BCUT2D eigenvalue weighted by molar-refractivity contribution is -0.184.